The Hall–Kier alpha value is -2.38. The number of hydrazine groups is 1. The maximum absolute atomic E-state index is 12.8. The molecule has 0 saturated carbocycles. The SMILES string of the molecule is COC(=O)C1=C(C(=O)OC)N2c3ccc(Cl)cc3C(=O)C1N2C. The van der Waals surface area contributed by atoms with Gasteiger partial charge in [0.25, 0.3) is 0 Å². The molecule has 2 heterocycles. The van der Waals surface area contributed by atoms with Gasteiger partial charge in [-0.15, -0.1) is 0 Å². The van der Waals surface area contributed by atoms with Crippen molar-refractivity contribution in [2.24, 2.45) is 0 Å². The third-order valence-electron chi connectivity index (χ3n) is 3.91. The van der Waals surface area contributed by atoms with Gasteiger partial charge in [-0.2, -0.15) is 0 Å². The Morgan fingerprint density at radius 3 is 2.43 bits per heavy atom. The van der Waals surface area contributed by atoms with E-state index in [9.17, 15) is 14.4 Å². The molecule has 1 aromatic carbocycles. The van der Waals surface area contributed by atoms with Crippen LogP contribution >= 0.6 is 11.6 Å². The summed E-state index contributed by atoms with van der Waals surface area (Å²) in [7, 11) is 4.01. The minimum atomic E-state index is -0.956. The Bertz CT molecular complexity index is 773. The number of benzene rings is 1. The molecule has 0 saturated heterocycles. The van der Waals surface area contributed by atoms with Crippen LogP contribution in [0.3, 0.4) is 0 Å². The molecule has 8 heteroatoms. The first-order valence-corrected chi connectivity index (χ1v) is 7.07. The summed E-state index contributed by atoms with van der Waals surface area (Å²) in [4.78, 5) is 37.2. The maximum atomic E-state index is 12.8. The highest BCUT2D eigenvalue weighted by Crippen LogP contribution is 2.43. The van der Waals surface area contributed by atoms with Gasteiger partial charge in [0, 0.05) is 17.6 Å². The van der Waals surface area contributed by atoms with Crippen molar-refractivity contribution >= 4 is 35.0 Å². The van der Waals surface area contributed by atoms with Crippen molar-refractivity contribution in [3.05, 3.63) is 40.1 Å². The van der Waals surface area contributed by atoms with E-state index >= 15 is 0 Å². The largest absolute Gasteiger partial charge is 0.466 e. The number of nitrogens with zero attached hydrogens (tertiary/aromatic N) is 2. The fourth-order valence-corrected chi connectivity index (χ4v) is 3.12. The molecule has 120 valence electrons. The number of carbonyl (C=O) groups is 3. The molecular formula is C15H13ClN2O5. The van der Waals surface area contributed by atoms with Crippen molar-refractivity contribution in [3.63, 3.8) is 0 Å². The maximum Gasteiger partial charge on any atom is 0.356 e. The molecule has 0 amide bonds. The molecule has 0 aromatic heterocycles. The summed E-state index contributed by atoms with van der Waals surface area (Å²) in [6, 6.07) is 3.78. The van der Waals surface area contributed by atoms with Gasteiger partial charge < -0.3 is 9.47 Å². The van der Waals surface area contributed by atoms with Crippen LogP contribution in [0.4, 0.5) is 5.69 Å². The highest BCUT2D eigenvalue weighted by Gasteiger charge is 2.52. The predicted octanol–water partition coefficient (Wildman–Crippen LogP) is 1.17. The molecule has 7 nitrogen and oxygen atoms in total. The normalized spacial score (nSPS) is 19.7. The molecule has 0 N–H and O–H groups in total. The Morgan fingerprint density at radius 2 is 1.83 bits per heavy atom. The summed E-state index contributed by atoms with van der Waals surface area (Å²) in [5, 5.41) is 3.38. The van der Waals surface area contributed by atoms with Crippen LogP contribution in [0.1, 0.15) is 10.4 Å². The Kier molecular flexibility index (Phi) is 3.62. The van der Waals surface area contributed by atoms with Gasteiger partial charge >= 0.3 is 11.9 Å². The molecule has 3 rings (SSSR count). The summed E-state index contributed by atoms with van der Waals surface area (Å²) in [6.07, 6.45) is 0. The number of likely N-dealkylation sites (N-methyl/N-ethyl adjacent to an activating group) is 1. The van der Waals surface area contributed by atoms with Crippen LogP contribution in [0.25, 0.3) is 0 Å². The van der Waals surface area contributed by atoms with Crippen molar-refractivity contribution in [2.75, 3.05) is 26.3 Å². The van der Waals surface area contributed by atoms with E-state index in [0.29, 0.717) is 16.3 Å². The van der Waals surface area contributed by atoms with Gasteiger partial charge in [0.1, 0.15) is 6.04 Å². The molecule has 23 heavy (non-hydrogen) atoms. The molecular weight excluding hydrogens is 324 g/mol. The number of fused-ring (bicyclic) bond motifs is 4. The average molecular weight is 337 g/mol. The minimum absolute atomic E-state index is 0.0266. The van der Waals surface area contributed by atoms with Crippen LogP contribution in [0.15, 0.2) is 29.5 Å². The van der Waals surface area contributed by atoms with E-state index in [1.807, 2.05) is 0 Å². The van der Waals surface area contributed by atoms with Crippen molar-refractivity contribution in [3.8, 4) is 0 Å². The molecule has 1 atom stereocenters. The van der Waals surface area contributed by atoms with Crippen LogP contribution in [-0.4, -0.2) is 50.0 Å². The molecule has 2 aliphatic heterocycles. The van der Waals surface area contributed by atoms with Gasteiger partial charge in [-0.25, -0.2) is 14.6 Å². The van der Waals surface area contributed by atoms with Crippen molar-refractivity contribution in [1.29, 1.82) is 0 Å². The first-order chi connectivity index (χ1) is 10.9. The van der Waals surface area contributed by atoms with E-state index in [4.69, 9.17) is 21.1 Å². The summed E-state index contributed by atoms with van der Waals surface area (Å²) < 4.78 is 9.53. The van der Waals surface area contributed by atoms with Crippen LogP contribution in [0.5, 0.6) is 0 Å². The number of hydrogen-bond donors (Lipinski definition) is 0. The third-order valence-corrected chi connectivity index (χ3v) is 4.15. The van der Waals surface area contributed by atoms with Gasteiger partial charge in [0.05, 0.1) is 25.5 Å². The first-order valence-electron chi connectivity index (χ1n) is 6.69. The van der Waals surface area contributed by atoms with Crippen LogP contribution in [-0.2, 0) is 19.1 Å². The smallest absolute Gasteiger partial charge is 0.356 e. The van der Waals surface area contributed by atoms with Gasteiger partial charge in [-0.1, -0.05) is 11.6 Å². The van der Waals surface area contributed by atoms with Crippen LogP contribution in [0, 0.1) is 0 Å². The zero-order valence-corrected chi connectivity index (χ0v) is 13.4. The Labute approximate surface area is 137 Å². The lowest BCUT2D eigenvalue weighted by atomic mass is 9.96. The highest BCUT2D eigenvalue weighted by molar-refractivity contribution is 6.31. The number of ether oxygens (including phenoxy) is 2. The molecule has 0 radical (unpaired) electrons. The molecule has 0 aliphatic carbocycles. The summed E-state index contributed by atoms with van der Waals surface area (Å²) >= 11 is 5.97. The van der Waals surface area contributed by atoms with Gasteiger partial charge in [0.15, 0.2) is 11.5 Å². The van der Waals surface area contributed by atoms with E-state index in [-0.39, 0.29) is 17.1 Å². The topological polar surface area (TPSA) is 76.2 Å². The van der Waals surface area contributed by atoms with E-state index < -0.39 is 18.0 Å². The second kappa shape index (κ2) is 5.36. The number of halogens is 1. The number of carbonyl (C=O) groups excluding carboxylic acids is 3. The third kappa shape index (κ3) is 2.04. The van der Waals surface area contributed by atoms with Crippen molar-refractivity contribution < 1.29 is 23.9 Å². The highest BCUT2D eigenvalue weighted by atomic mass is 35.5. The first kappa shape index (κ1) is 15.5. The second-order valence-corrected chi connectivity index (χ2v) is 5.50. The summed E-state index contributed by atoms with van der Waals surface area (Å²) in [6.45, 7) is 0. The summed E-state index contributed by atoms with van der Waals surface area (Å²) in [5.41, 5.74) is 0.721. The van der Waals surface area contributed by atoms with Crippen LogP contribution in [0.2, 0.25) is 5.02 Å². The second-order valence-electron chi connectivity index (χ2n) is 5.06. The monoisotopic (exact) mass is 336 g/mol. The van der Waals surface area contributed by atoms with Gasteiger partial charge in [-0.05, 0) is 18.2 Å². The van der Waals surface area contributed by atoms with Gasteiger partial charge in [0.2, 0.25) is 0 Å². The number of anilines is 1. The number of methoxy groups -OCH3 is 2. The van der Waals surface area contributed by atoms with E-state index in [1.165, 1.54) is 30.3 Å². The Morgan fingerprint density at radius 1 is 1.17 bits per heavy atom. The molecule has 1 unspecified atom stereocenters. The predicted molar refractivity (Wildman–Crippen MR) is 80.9 cm³/mol. The van der Waals surface area contributed by atoms with E-state index in [0.717, 1.165) is 0 Å². The lowest BCUT2D eigenvalue weighted by Crippen LogP contribution is -2.49. The Balaban J connectivity index is 2.29. The number of Topliss-reactive ketones (excluding diaryl/α,β-unsaturated/α-hetero) is 1. The zero-order valence-electron chi connectivity index (χ0n) is 12.6. The van der Waals surface area contributed by atoms with Crippen LogP contribution < -0.4 is 5.01 Å². The van der Waals surface area contributed by atoms with Crippen molar-refractivity contribution in [1.82, 2.24) is 5.01 Å². The lowest BCUT2D eigenvalue weighted by Gasteiger charge is -2.36. The molecule has 0 spiro atoms. The number of hydrogen-bond acceptors (Lipinski definition) is 7. The molecule has 2 bridgehead atoms. The standard InChI is InChI=1S/C15H13ClN2O5/c1-17-11-10(14(20)22-2)12(15(21)23-3)18(17)9-5-4-7(16)6-8(9)13(11)19/h4-6,11H,1-3H3. The molecule has 1 aromatic rings. The summed E-state index contributed by atoms with van der Waals surface area (Å²) in [5.74, 6) is -1.81. The number of ketones is 1. The quantitative estimate of drug-likeness (QED) is 0.750. The minimum Gasteiger partial charge on any atom is -0.466 e. The lowest BCUT2D eigenvalue weighted by molar-refractivity contribution is -0.139. The number of esters is 2. The fourth-order valence-electron chi connectivity index (χ4n) is 2.94. The number of rotatable bonds is 2. The zero-order chi connectivity index (χ0) is 16.9. The molecule has 0 fully saturated rings. The van der Waals surface area contributed by atoms with E-state index in [2.05, 4.69) is 0 Å². The van der Waals surface area contributed by atoms with E-state index in [1.54, 1.807) is 19.2 Å². The van der Waals surface area contributed by atoms with Crippen molar-refractivity contribution in [2.45, 2.75) is 6.04 Å². The average Bonchev–Trinajstić information content (AvgIpc) is 2.79. The van der Waals surface area contributed by atoms with Gasteiger partial charge in [-0.3, -0.25) is 9.80 Å². The fraction of sp³-hybridized carbons (Fsp3) is 0.267. The molecule has 2 aliphatic rings.